The van der Waals surface area contributed by atoms with Crippen LogP contribution in [0.2, 0.25) is 0 Å². The topological polar surface area (TPSA) is 38.7 Å². The van der Waals surface area contributed by atoms with Gasteiger partial charge >= 0.3 is 0 Å². The van der Waals surface area contributed by atoms with Crippen LogP contribution in [0.5, 0.6) is 0 Å². The number of fused-ring (bicyclic) bond motifs is 6. The molecule has 12 rings (SSSR count). The normalized spacial score (nSPS) is 11.6. The third kappa shape index (κ3) is 5.91. The summed E-state index contributed by atoms with van der Waals surface area (Å²) in [6.07, 6.45) is 0. The van der Waals surface area contributed by atoms with Gasteiger partial charge in [-0.1, -0.05) is 188 Å². The molecule has 0 radical (unpaired) electrons. The molecule has 0 spiro atoms. The molecule has 0 saturated heterocycles. The van der Waals surface area contributed by atoms with Gasteiger partial charge in [0.05, 0.1) is 0 Å². The van der Waals surface area contributed by atoms with E-state index in [0.29, 0.717) is 17.5 Å². The maximum absolute atomic E-state index is 5.33. The van der Waals surface area contributed by atoms with Gasteiger partial charge in [0.2, 0.25) is 0 Å². The molecule has 0 N–H and O–H groups in total. The second kappa shape index (κ2) is 14.5. The van der Waals surface area contributed by atoms with Crippen molar-refractivity contribution in [1.29, 1.82) is 0 Å². The first kappa shape index (κ1) is 35.2. The maximum atomic E-state index is 5.33. The highest BCUT2D eigenvalue weighted by Gasteiger charge is 2.22. The van der Waals surface area contributed by atoms with Gasteiger partial charge in [0.15, 0.2) is 17.5 Å². The molecular formula is C57H35N3S. The summed E-state index contributed by atoms with van der Waals surface area (Å²) in [6.45, 7) is 0. The Labute approximate surface area is 356 Å². The van der Waals surface area contributed by atoms with Crippen LogP contribution >= 0.6 is 11.3 Å². The zero-order chi connectivity index (χ0) is 40.3. The Kier molecular flexibility index (Phi) is 8.36. The van der Waals surface area contributed by atoms with Gasteiger partial charge in [0.25, 0.3) is 0 Å². The van der Waals surface area contributed by atoms with Crippen LogP contribution in [0.25, 0.3) is 120 Å². The fourth-order valence-electron chi connectivity index (χ4n) is 9.18. The lowest BCUT2D eigenvalue weighted by molar-refractivity contribution is 1.08. The Balaban J connectivity index is 1.08. The molecule has 2 heterocycles. The van der Waals surface area contributed by atoms with Crippen LogP contribution < -0.4 is 0 Å². The maximum Gasteiger partial charge on any atom is 0.165 e. The van der Waals surface area contributed by atoms with E-state index in [4.69, 9.17) is 15.0 Å². The van der Waals surface area contributed by atoms with Gasteiger partial charge in [0, 0.05) is 36.9 Å². The summed E-state index contributed by atoms with van der Waals surface area (Å²) < 4.78 is 2.42. The first-order valence-electron chi connectivity index (χ1n) is 20.6. The number of hydrogen-bond donors (Lipinski definition) is 0. The third-order valence-corrected chi connectivity index (χ3v) is 13.2. The van der Waals surface area contributed by atoms with Gasteiger partial charge in [0.1, 0.15) is 0 Å². The highest BCUT2D eigenvalue weighted by molar-refractivity contribution is 7.26. The largest absolute Gasteiger partial charge is 0.208 e. The molecule has 12 aromatic rings. The molecule has 0 aliphatic rings. The monoisotopic (exact) mass is 793 g/mol. The number of thiophene rings is 1. The van der Waals surface area contributed by atoms with Crippen molar-refractivity contribution >= 4 is 63.8 Å². The average Bonchev–Trinajstić information content (AvgIpc) is 3.72. The summed E-state index contributed by atoms with van der Waals surface area (Å²) in [5, 5.41) is 9.56. The smallest absolute Gasteiger partial charge is 0.165 e. The van der Waals surface area contributed by atoms with Crippen molar-refractivity contribution < 1.29 is 0 Å². The SMILES string of the molecule is c1ccc(-c2cccc(-c3c4ccccc4c(-c4ccc(-c5nc(-c6ccccc6)nc(-c6cccc7c6sc6ccccc67)n5)c5ccccc45)c4ccccc34)c2)cc1. The van der Waals surface area contributed by atoms with Crippen LogP contribution in [0.4, 0.5) is 0 Å². The molecule has 61 heavy (non-hydrogen) atoms. The van der Waals surface area contributed by atoms with Crippen LogP contribution in [0, 0.1) is 0 Å². The van der Waals surface area contributed by atoms with Gasteiger partial charge in [-0.3, -0.25) is 0 Å². The summed E-state index contributed by atoms with van der Waals surface area (Å²) in [5.74, 6) is 1.96. The zero-order valence-electron chi connectivity index (χ0n) is 33.0. The second-order valence-electron chi connectivity index (χ2n) is 15.4. The molecule has 0 fully saturated rings. The van der Waals surface area contributed by atoms with Crippen LogP contribution in [0.15, 0.2) is 212 Å². The molecule has 0 aliphatic heterocycles. The fourth-order valence-corrected chi connectivity index (χ4v) is 10.4. The fraction of sp³-hybridized carbons (Fsp3) is 0. The zero-order valence-corrected chi connectivity index (χ0v) is 33.8. The van der Waals surface area contributed by atoms with Crippen LogP contribution in [0.3, 0.4) is 0 Å². The minimum absolute atomic E-state index is 0.646. The molecule has 0 saturated carbocycles. The van der Waals surface area contributed by atoms with E-state index in [1.807, 2.05) is 18.2 Å². The quantitative estimate of drug-likeness (QED) is 0.157. The predicted octanol–water partition coefficient (Wildman–Crippen LogP) is 15.7. The Morgan fingerprint density at radius 1 is 0.262 bits per heavy atom. The Bertz CT molecular complexity index is 3590. The Morgan fingerprint density at radius 2 is 0.721 bits per heavy atom. The van der Waals surface area contributed by atoms with Gasteiger partial charge < -0.3 is 0 Å². The molecule has 284 valence electrons. The van der Waals surface area contributed by atoms with Crippen molar-refractivity contribution in [3.05, 3.63) is 212 Å². The lowest BCUT2D eigenvalue weighted by Gasteiger charge is -2.20. The van der Waals surface area contributed by atoms with Crippen molar-refractivity contribution in [2.24, 2.45) is 0 Å². The number of benzene rings is 10. The van der Waals surface area contributed by atoms with Gasteiger partial charge in [-0.25, -0.2) is 15.0 Å². The van der Waals surface area contributed by atoms with Crippen LogP contribution in [-0.4, -0.2) is 15.0 Å². The van der Waals surface area contributed by atoms with E-state index in [-0.39, 0.29) is 0 Å². The minimum atomic E-state index is 0.646. The van der Waals surface area contributed by atoms with Crippen molar-refractivity contribution in [3.63, 3.8) is 0 Å². The summed E-state index contributed by atoms with van der Waals surface area (Å²) in [6, 6.07) is 75.9. The molecule has 3 nitrogen and oxygen atoms in total. The number of nitrogens with zero attached hydrogens (tertiary/aromatic N) is 3. The Hall–Kier alpha value is -7.79. The van der Waals surface area contributed by atoms with E-state index in [1.165, 1.54) is 75.1 Å². The first-order chi connectivity index (χ1) is 30.3. The van der Waals surface area contributed by atoms with Crippen molar-refractivity contribution in [2.45, 2.75) is 0 Å². The average molecular weight is 794 g/mol. The molecule has 10 aromatic carbocycles. The molecule has 0 aliphatic carbocycles. The summed E-state index contributed by atoms with van der Waals surface area (Å²) in [4.78, 5) is 15.7. The molecule has 0 atom stereocenters. The van der Waals surface area contributed by atoms with Crippen molar-refractivity contribution in [2.75, 3.05) is 0 Å². The minimum Gasteiger partial charge on any atom is -0.208 e. The highest BCUT2D eigenvalue weighted by Crippen LogP contribution is 2.47. The van der Waals surface area contributed by atoms with Crippen molar-refractivity contribution in [3.8, 4) is 67.5 Å². The van der Waals surface area contributed by atoms with E-state index >= 15 is 0 Å². The number of hydrogen-bond acceptors (Lipinski definition) is 4. The van der Waals surface area contributed by atoms with E-state index in [9.17, 15) is 0 Å². The third-order valence-electron chi connectivity index (χ3n) is 11.9. The van der Waals surface area contributed by atoms with Crippen LogP contribution in [-0.2, 0) is 0 Å². The van der Waals surface area contributed by atoms with E-state index in [2.05, 4.69) is 194 Å². The lowest BCUT2D eigenvalue weighted by atomic mass is 9.84. The first-order valence-corrected chi connectivity index (χ1v) is 21.4. The lowest BCUT2D eigenvalue weighted by Crippen LogP contribution is -2.01. The van der Waals surface area contributed by atoms with E-state index < -0.39 is 0 Å². The standard InChI is InChI=1S/C57H35N3S/c1-3-17-36(18-4-1)38-21-15-22-39(35-38)52-43-26-9-11-28-45(43)53(46-29-12-10-27-44(46)52)47-33-34-49(41-24-8-7-23-40(41)47)56-58-55(37-19-5-2-6-20-37)59-57(60-56)50-31-16-30-48-42-25-13-14-32-51(42)61-54(48)50/h1-35H. The van der Waals surface area contributed by atoms with Gasteiger partial charge in [-0.15, -0.1) is 11.3 Å². The summed E-state index contributed by atoms with van der Waals surface area (Å²) in [5.41, 5.74) is 10.2. The summed E-state index contributed by atoms with van der Waals surface area (Å²) in [7, 11) is 0. The van der Waals surface area contributed by atoms with E-state index in [1.54, 1.807) is 11.3 Å². The molecule has 4 heteroatoms. The number of aromatic nitrogens is 3. The van der Waals surface area contributed by atoms with Crippen LogP contribution in [0.1, 0.15) is 0 Å². The molecular weight excluding hydrogens is 759 g/mol. The molecule has 0 bridgehead atoms. The van der Waals surface area contributed by atoms with Gasteiger partial charge in [-0.05, 0) is 90.0 Å². The highest BCUT2D eigenvalue weighted by atomic mass is 32.1. The summed E-state index contributed by atoms with van der Waals surface area (Å²) >= 11 is 1.79. The van der Waals surface area contributed by atoms with Crippen molar-refractivity contribution in [1.82, 2.24) is 15.0 Å². The second-order valence-corrected chi connectivity index (χ2v) is 16.5. The van der Waals surface area contributed by atoms with E-state index in [0.717, 1.165) is 27.5 Å². The molecule has 2 aromatic heterocycles. The molecule has 0 unspecified atom stereocenters. The Morgan fingerprint density at radius 3 is 1.41 bits per heavy atom. The molecule has 0 amide bonds. The van der Waals surface area contributed by atoms with Gasteiger partial charge in [-0.2, -0.15) is 0 Å². The number of rotatable bonds is 6. The predicted molar refractivity (Wildman–Crippen MR) is 258 cm³/mol.